The lowest BCUT2D eigenvalue weighted by Gasteiger charge is -2.05. The fourth-order valence-corrected chi connectivity index (χ4v) is 1.75. The molecule has 1 heterocycles. The van der Waals surface area contributed by atoms with Gasteiger partial charge in [0.2, 0.25) is 0 Å². The largest absolute Gasteiger partial charge is 0.365 e. The zero-order chi connectivity index (χ0) is 11.4. The third kappa shape index (κ3) is 2.05. The van der Waals surface area contributed by atoms with Gasteiger partial charge in [0.05, 0.1) is 23.7 Å². The molecule has 0 aliphatic carbocycles. The number of rotatable bonds is 4. The Hall–Kier alpha value is -1.86. The van der Waals surface area contributed by atoms with Crippen LogP contribution in [0.4, 0.5) is 0 Å². The summed E-state index contributed by atoms with van der Waals surface area (Å²) < 4.78 is 7.25. The minimum Gasteiger partial charge on any atom is -0.365 e. The van der Waals surface area contributed by atoms with Crippen LogP contribution in [-0.2, 0) is 11.3 Å². The lowest BCUT2D eigenvalue weighted by molar-refractivity contribution is 0.157. The smallest absolute Gasteiger partial charge is 0.133 e. The molecule has 16 heavy (non-hydrogen) atoms. The van der Waals surface area contributed by atoms with Crippen LogP contribution in [0, 0.1) is 18.3 Å². The van der Waals surface area contributed by atoms with Crippen molar-refractivity contribution in [1.82, 2.24) is 9.55 Å². The third-order valence-corrected chi connectivity index (χ3v) is 2.47. The number of ether oxygens (including phenoxy) is 1. The van der Waals surface area contributed by atoms with Gasteiger partial charge in [-0.15, -0.1) is 0 Å². The average Bonchev–Trinajstić information content (AvgIpc) is 2.61. The van der Waals surface area contributed by atoms with Crippen molar-refractivity contribution in [3.8, 4) is 6.07 Å². The number of para-hydroxylation sites is 2. The van der Waals surface area contributed by atoms with E-state index in [0.29, 0.717) is 6.61 Å². The van der Waals surface area contributed by atoms with Gasteiger partial charge in [0, 0.05) is 6.54 Å². The first-order chi connectivity index (χ1) is 7.83. The maximum atomic E-state index is 8.36. The van der Waals surface area contributed by atoms with Gasteiger partial charge in [-0.3, -0.25) is 0 Å². The number of hydrogen-bond acceptors (Lipinski definition) is 3. The second kappa shape index (κ2) is 4.77. The molecule has 0 atom stereocenters. The van der Waals surface area contributed by atoms with Gasteiger partial charge in [-0.2, -0.15) is 5.26 Å². The lowest BCUT2D eigenvalue weighted by atomic mass is 10.3. The minimum atomic E-state index is 0.145. The fourth-order valence-electron chi connectivity index (χ4n) is 1.75. The van der Waals surface area contributed by atoms with Gasteiger partial charge in [0.25, 0.3) is 0 Å². The zero-order valence-electron chi connectivity index (χ0n) is 9.18. The highest BCUT2D eigenvalue weighted by molar-refractivity contribution is 5.75. The first kappa shape index (κ1) is 10.7. The number of fused-ring (bicyclic) bond motifs is 1. The number of hydrogen-bond donors (Lipinski definition) is 0. The highest BCUT2D eigenvalue weighted by Gasteiger charge is 2.05. The Morgan fingerprint density at radius 2 is 2.25 bits per heavy atom. The molecule has 4 nitrogen and oxygen atoms in total. The summed E-state index contributed by atoms with van der Waals surface area (Å²) in [6, 6.07) is 9.96. The molecule has 0 radical (unpaired) electrons. The van der Waals surface area contributed by atoms with Crippen LogP contribution < -0.4 is 0 Å². The summed E-state index contributed by atoms with van der Waals surface area (Å²) in [5, 5.41) is 8.36. The number of nitriles is 1. The molecule has 82 valence electrons. The minimum absolute atomic E-state index is 0.145. The number of nitrogens with zero attached hydrogens (tertiary/aromatic N) is 3. The van der Waals surface area contributed by atoms with Crippen LogP contribution in [-0.4, -0.2) is 22.8 Å². The van der Waals surface area contributed by atoms with E-state index in [-0.39, 0.29) is 6.61 Å². The predicted octanol–water partition coefficient (Wildman–Crippen LogP) is 1.88. The molecule has 2 rings (SSSR count). The van der Waals surface area contributed by atoms with E-state index >= 15 is 0 Å². The highest BCUT2D eigenvalue weighted by atomic mass is 16.5. The Bertz CT molecular complexity index is 525. The Balaban J connectivity index is 2.17. The summed E-state index contributed by atoms with van der Waals surface area (Å²) in [6.07, 6.45) is 0. The maximum absolute atomic E-state index is 8.36. The summed E-state index contributed by atoms with van der Waals surface area (Å²) in [6.45, 7) is 3.39. The van der Waals surface area contributed by atoms with Crippen LogP contribution in [0.25, 0.3) is 11.0 Å². The molecule has 0 bridgehead atoms. The molecule has 0 saturated heterocycles. The van der Waals surface area contributed by atoms with Gasteiger partial charge in [-0.25, -0.2) is 4.98 Å². The van der Waals surface area contributed by atoms with E-state index in [1.54, 1.807) is 0 Å². The molecule has 0 unspecified atom stereocenters. The molecule has 0 aliphatic heterocycles. The zero-order valence-corrected chi connectivity index (χ0v) is 9.18. The quantitative estimate of drug-likeness (QED) is 0.732. The van der Waals surface area contributed by atoms with Gasteiger partial charge in [0.1, 0.15) is 12.4 Å². The van der Waals surface area contributed by atoms with E-state index in [1.807, 2.05) is 37.3 Å². The number of imidazole rings is 1. The van der Waals surface area contributed by atoms with Crippen molar-refractivity contribution in [2.24, 2.45) is 0 Å². The van der Waals surface area contributed by atoms with Gasteiger partial charge < -0.3 is 9.30 Å². The van der Waals surface area contributed by atoms with Crippen molar-refractivity contribution >= 4 is 11.0 Å². The number of benzene rings is 1. The lowest BCUT2D eigenvalue weighted by Crippen LogP contribution is -2.07. The van der Waals surface area contributed by atoms with Crippen molar-refractivity contribution < 1.29 is 4.74 Å². The van der Waals surface area contributed by atoms with E-state index in [0.717, 1.165) is 23.4 Å². The van der Waals surface area contributed by atoms with Crippen LogP contribution >= 0.6 is 0 Å². The van der Waals surface area contributed by atoms with Crippen molar-refractivity contribution in [2.45, 2.75) is 13.5 Å². The Morgan fingerprint density at radius 3 is 3.06 bits per heavy atom. The van der Waals surface area contributed by atoms with Crippen molar-refractivity contribution in [2.75, 3.05) is 13.2 Å². The van der Waals surface area contributed by atoms with Crippen LogP contribution in [0.3, 0.4) is 0 Å². The third-order valence-electron chi connectivity index (χ3n) is 2.47. The van der Waals surface area contributed by atoms with Crippen molar-refractivity contribution in [3.63, 3.8) is 0 Å². The second-order valence-corrected chi connectivity index (χ2v) is 3.51. The summed E-state index contributed by atoms with van der Waals surface area (Å²) in [5.41, 5.74) is 2.11. The molecule has 1 aromatic carbocycles. The van der Waals surface area contributed by atoms with Crippen LogP contribution in [0.1, 0.15) is 5.82 Å². The Kier molecular flexibility index (Phi) is 3.18. The molecule has 0 saturated carbocycles. The normalized spacial score (nSPS) is 10.5. The molecule has 0 fully saturated rings. The molecule has 2 aromatic rings. The van der Waals surface area contributed by atoms with Crippen molar-refractivity contribution in [1.29, 1.82) is 5.26 Å². The molecule has 0 aliphatic rings. The topological polar surface area (TPSA) is 50.8 Å². The van der Waals surface area contributed by atoms with Crippen LogP contribution in [0.15, 0.2) is 24.3 Å². The van der Waals surface area contributed by atoms with E-state index < -0.39 is 0 Å². The first-order valence-electron chi connectivity index (χ1n) is 5.19. The van der Waals surface area contributed by atoms with Gasteiger partial charge >= 0.3 is 0 Å². The summed E-state index contributed by atoms with van der Waals surface area (Å²) in [7, 11) is 0. The number of aromatic nitrogens is 2. The fraction of sp³-hybridized carbons (Fsp3) is 0.333. The van der Waals surface area contributed by atoms with Gasteiger partial charge in [-0.1, -0.05) is 12.1 Å². The maximum Gasteiger partial charge on any atom is 0.133 e. The van der Waals surface area contributed by atoms with Crippen molar-refractivity contribution in [3.05, 3.63) is 30.1 Å². The molecule has 4 heteroatoms. The predicted molar refractivity (Wildman–Crippen MR) is 60.9 cm³/mol. The van der Waals surface area contributed by atoms with E-state index in [4.69, 9.17) is 10.00 Å². The Morgan fingerprint density at radius 1 is 1.44 bits per heavy atom. The molecule has 0 N–H and O–H groups in total. The van der Waals surface area contributed by atoms with E-state index in [9.17, 15) is 0 Å². The standard InChI is InChI=1S/C12H13N3O/c1-10-14-11-4-2-3-5-12(11)15(10)7-9-16-8-6-13/h2-5H,7-9H2,1H3. The second-order valence-electron chi connectivity index (χ2n) is 3.51. The molecule has 1 aromatic heterocycles. The van der Waals surface area contributed by atoms with E-state index in [2.05, 4.69) is 9.55 Å². The van der Waals surface area contributed by atoms with Crippen LogP contribution in [0.2, 0.25) is 0 Å². The first-order valence-corrected chi connectivity index (χ1v) is 5.19. The summed E-state index contributed by atoms with van der Waals surface area (Å²) in [4.78, 5) is 4.45. The average molecular weight is 215 g/mol. The molecular weight excluding hydrogens is 202 g/mol. The summed E-state index contributed by atoms with van der Waals surface area (Å²) in [5.74, 6) is 0.974. The molecule has 0 spiro atoms. The SMILES string of the molecule is Cc1nc2ccccc2n1CCOCC#N. The van der Waals surface area contributed by atoms with Gasteiger partial charge in [-0.05, 0) is 19.1 Å². The monoisotopic (exact) mass is 215 g/mol. The summed E-state index contributed by atoms with van der Waals surface area (Å²) >= 11 is 0. The number of aryl methyl sites for hydroxylation is 1. The molecular formula is C12H13N3O. The van der Waals surface area contributed by atoms with Crippen LogP contribution in [0.5, 0.6) is 0 Å². The van der Waals surface area contributed by atoms with E-state index in [1.165, 1.54) is 0 Å². The van der Waals surface area contributed by atoms with Gasteiger partial charge in [0.15, 0.2) is 0 Å². The molecule has 0 amide bonds. The Labute approximate surface area is 94.1 Å². The highest BCUT2D eigenvalue weighted by Crippen LogP contribution is 2.14.